The number of allylic oxidation sites excluding steroid dienone is 5. The summed E-state index contributed by atoms with van der Waals surface area (Å²) in [5.41, 5.74) is 4.64. The number of halogens is 1. The van der Waals surface area contributed by atoms with Crippen molar-refractivity contribution in [2.24, 2.45) is 4.99 Å². The maximum Gasteiger partial charge on any atom is 0.125 e. The predicted octanol–water partition coefficient (Wildman–Crippen LogP) is 5.47. The molecule has 0 saturated carbocycles. The average Bonchev–Trinajstić information content (AvgIpc) is 2.66. The topological polar surface area (TPSA) is 41.8 Å². The molecular formula is C20H30BrNO2. The molecule has 0 aliphatic carbocycles. The molecule has 24 heavy (non-hydrogen) atoms. The van der Waals surface area contributed by atoms with Crippen LogP contribution in [0, 0.1) is 0 Å². The van der Waals surface area contributed by atoms with Gasteiger partial charge in [0.1, 0.15) is 11.4 Å². The maximum absolute atomic E-state index is 10.4. The molecule has 1 N–H and O–H groups in total. The molecule has 0 aromatic rings. The van der Waals surface area contributed by atoms with Crippen LogP contribution in [0.1, 0.15) is 54.9 Å². The number of hydrogen-bond donors (Lipinski definition) is 1. The van der Waals surface area contributed by atoms with Gasteiger partial charge < -0.3 is 9.84 Å². The quantitative estimate of drug-likeness (QED) is 0.597. The van der Waals surface area contributed by atoms with E-state index in [1.54, 1.807) is 0 Å². The molecule has 2 unspecified atom stereocenters. The Hall–Kier alpha value is -1.13. The smallest absolute Gasteiger partial charge is 0.125 e. The van der Waals surface area contributed by atoms with Crippen LogP contribution in [-0.2, 0) is 4.74 Å². The van der Waals surface area contributed by atoms with Gasteiger partial charge in [0, 0.05) is 17.5 Å². The van der Waals surface area contributed by atoms with Gasteiger partial charge in [-0.2, -0.15) is 0 Å². The summed E-state index contributed by atoms with van der Waals surface area (Å²) >= 11 is 3.50. The van der Waals surface area contributed by atoms with E-state index in [-0.39, 0.29) is 4.83 Å². The van der Waals surface area contributed by atoms with E-state index in [9.17, 15) is 5.11 Å². The molecule has 0 aromatic carbocycles. The molecular weight excluding hydrogens is 366 g/mol. The third kappa shape index (κ3) is 4.48. The van der Waals surface area contributed by atoms with Gasteiger partial charge in [-0.15, -0.1) is 0 Å². The van der Waals surface area contributed by atoms with Crippen LogP contribution < -0.4 is 0 Å². The Morgan fingerprint density at radius 3 is 2.50 bits per heavy atom. The van der Waals surface area contributed by atoms with Crippen molar-refractivity contribution >= 4 is 22.1 Å². The first-order chi connectivity index (χ1) is 11.1. The second kappa shape index (κ2) is 8.30. The van der Waals surface area contributed by atoms with Crippen molar-refractivity contribution < 1.29 is 9.84 Å². The number of ether oxygens (including phenoxy) is 1. The van der Waals surface area contributed by atoms with E-state index in [1.807, 2.05) is 46.9 Å². The molecule has 2 rings (SSSR count). The largest absolute Gasteiger partial charge is 0.486 e. The molecule has 0 spiro atoms. The van der Waals surface area contributed by atoms with Crippen LogP contribution in [0.4, 0.5) is 0 Å². The molecule has 134 valence electrons. The Bertz CT molecular complexity index is 624. The maximum atomic E-state index is 10.4. The van der Waals surface area contributed by atoms with E-state index in [0.29, 0.717) is 11.3 Å². The van der Waals surface area contributed by atoms with Gasteiger partial charge in [0.25, 0.3) is 0 Å². The minimum atomic E-state index is -0.663. The molecule has 2 aliphatic rings. The Labute approximate surface area is 155 Å². The number of aliphatic hydroxyl groups is 1. The highest BCUT2D eigenvalue weighted by atomic mass is 79.9. The Morgan fingerprint density at radius 1 is 1.33 bits per heavy atom. The zero-order chi connectivity index (χ0) is 18.7. The minimum absolute atomic E-state index is 0.184. The van der Waals surface area contributed by atoms with Crippen molar-refractivity contribution in [1.82, 2.24) is 0 Å². The summed E-state index contributed by atoms with van der Waals surface area (Å²) in [6.07, 6.45) is 4.04. The summed E-state index contributed by atoms with van der Waals surface area (Å²) in [5.74, 6) is 0.644. The van der Waals surface area contributed by atoms with E-state index in [1.165, 1.54) is 11.1 Å². The van der Waals surface area contributed by atoms with Gasteiger partial charge in [0.2, 0.25) is 0 Å². The van der Waals surface area contributed by atoms with Crippen LogP contribution in [0.15, 0.2) is 51.4 Å². The first-order valence-electron chi connectivity index (χ1n) is 8.45. The number of nitrogens with zero attached hydrogens (tertiary/aromatic N) is 1. The third-order valence-electron chi connectivity index (χ3n) is 4.34. The second-order valence-corrected chi connectivity index (χ2v) is 7.58. The monoisotopic (exact) mass is 395 g/mol. The van der Waals surface area contributed by atoms with Gasteiger partial charge in [-0.25, -0.2) is 0 Å². The van der Waals surface area contributed by atoms with Gasteiger partial charge in [-0.3, -0.25) is 4.99 Å². The van der Waals surface area contributed by atoms with E-state index < -0.39 is 11.7 Å². The standard InChI is InChI=1S/C18H24BrNO2.C2H6/c1-10-7-14(13(4)20-9-11(10)2)8-15-12(3)16(21)17(19)18(5,6)22-15;1-2/h8-9,16-17,21H,3,7H2,1-2,4-6H3;1-2H3/b15-8+;. The van der Waals surface area contributed by atoms with Crippen molar-refractivity contribution in [1.29, 1.82) is 0 Å². The molecule has 1 fully saturated rings. The summed E-state index contributed by atoms with van der Waals surface area (Å²) in [7, 11) is 0. The number of aliphatic hydroxyl groups excluding tert-OH is 1. The molecule has 0 radical (unpaired) electrons. The molecule has 2 heterocycles. The van der Waals surface area contributed by atoms with Crippen LogP contribution in [0.2, 0.25) is 0 Å². The summed E-state index contributed by atoms with van der Waals surface area (Å²) in [6, 6.07) is 0. The Kier molecular flexibility index (Phi) is 7.24. The predicted molar refractivity (Wildman–Crippen MR) is 107 cm³/mol. The van der Waals surface area contributed by atoms with Gasteiger partial charge in [0.05, 0.1) is 10.9 Å². The Morgan fingerprint density at radius 2 is 1.92 bits per heavy atom. The molecule has 0 bridgehead atoms. The third-order valence-corrected chi connectivity index (χ3v) is 5.94. The lowest BCUT2D eigenvalue weighted by atomic mass is 9.90. The van der Waals surface area contributed by atoms with Crippen LogP contribution >= 0.6 is 15.9 Å². The molecule has 0 amide bonds. The van der Waals surface area contributed by atoms with Crippen molar-refractivity contribution in [3.63, 3.8) is 0 Å². The SMILES string of the molecule is C=C1/C(=C\C2=C(C)N=CC(C)=C(C)C2)OC(C)(C)C(Br)C1O.CC. The highest BCUT2D eigenvalue weighted by Gasteiger charge is 2.42. The summed E-state index contributed by atoms with van der Waals surface area (Å²) in [4.78, 5) is 4.31. The molecule has 2 atom stereocenters. The lowest BCUT2D eigenvalue weighted by Gasteiger charge is -2.41. The van der Waals surface area contributed by atoms with E-state index in [4.69, 9.17) is 4.74 Å². The second-order valence-electron chi connectivity index (χ2n) is 6.59. The summed E-state index contributed by atoms with van der Waals surface area (Å²) in [6.45, 7) is 18.1. The zero-order valence-corrected chi connectivity index (χ0v) is 17.5. The molecule has 2 aliphatic heterocycles. The first kappa shape index (κ1) is 20.9. The lowest BCUT2D eigenvalue weighted by Crippen LogP contribution is -2.48. The zero-order valence-electron chi connectivity index (χ0n) is 15.9. The van der Waals surface area contributed by atoms with Crippen molar-refractivity contribution in [2.45, 2.75) is 71.4 Å². The summed E-state index contributed by atoms with van der Waals surface area (Å²) < 4.78 is 6.08. The first-order valence-corrected chi connectivity index (χ1v) is 9.37. The molecule has 3 nitrogen and oxygen atoms in total. The Balaban J connectivity index is 0.00000139. The molecule has 0 aromatic heterocycles. The highest BCUT2D eigenvalue weighted by molar-refractivity contribution is 9.09. The lowest BCUT2D eigenvalue weighted by molar-refractivity contribution is -0.0178. The van der Waals surface area contributed by atoms with Crippen molar-refractivity contribution in [3.8, 4) is 0 Å². The fraction of sp³-hybridized carbons (Fsp3) is 0.550. The van der Waals surface area contributed by atoms with Gasteiger partial charge in [0.15, 0.2) is 0 Å². The van der Waals surface area contributed by atoms with Crippen LogP contribution in [0.25, 0.3) is 0 Å². The van der Waals surface area contributed by atoms with Crippen molar-refractivity contribution in [3.05, 3.63) is 46.4 Å². The normalized spacial score (nSPS) is 28.4. The van der Waals surface area contributed by atoms with E-state index in [2.05, 4.69) is 41.3 Å². The van der Waals surface area contributed by atoms with Gasteiger partial charge in [-0.05, 0) is 58.3 Å². The van der Waals surface area contributed by atoms with Crippen LogP contribution in [0.3, 0.4) is 0 Å². The fourth-order valence-electron chi connectivity index (χ4n) is 2.48. The molecule has 4 heteroatoms. The number of alkyl halides is 1. The van der Waals surface area contributed by atoms with Crippen LogP contribution in [0.5, 0.6) is 0 Å². The summed E-state index contributed by atoms with van der Waals surface area (Å²) in [5, 5.41) is 10.4. The van der Waals surface area contributed by atoms with E-state index in [0.717, 1.165) is 17.7 Å². The minimum Gasteiger partial charge on any atom is -0.486 e. The number of aliphatic imine (C=N–C) groups is 1. The van der Waals surface area contributed by atoms with Crippen LogP contribution in [-0.4, -0.2) is 27.9 Å². The van der Waals surface area contributed by atoms with Gasteiger partial charge in [-0.1, -0.05) is 41.9 Å². The molecule has 1 saturated heterocycles. The number of hydrogen-bond acceptors (Lipinski definition) is 3. The van der Waals surface area contributed by atoms with Crippen molar-refractivity contribution in [2.75, 3.05) is 0 Å². The number of rotatable bonds is 1. The van der Waals surface area contributed by atoms with E-state index >= 15 is 0 Å². The van der Waals surface area contributed by atoms with Gasteiger partial charge >= 0.3 is 0 Å². The highest BCUT2D eigenvalue weighted by Crippen LogP contribution is 2.39. The average molecular weight is 396 g/mol. The fourth-order valence-corrected chi connectivity index (χ4v) is 2.90.